The van der Waals surface area contributed by atoms with Crippen LogP contribution in [0.15, 0.2) is 29.3 Å². The number of guanidine groups is 1. The highest BCUT2D eigenvalue weighted by molar-refractivity contribution is 7.92. The summed E-state index contributed by atoms with van der Waals surface area (Å²) in [7, 11) is -1.46. The van der Waals surface area contributed by atoms with Crippen LogP contribution in [0.4, 0.5) is 0 Å². The molecule has 0 fully saturated rings. The average molecular weight is 382 g/mol. The summed E-state index contributed by atoms with van der Waals surface area (Å²) in [5.41, 5.74) is 2.51. The molecular weight excluding hydrogens is 346 g/mol. The lowest BCUT2D eigenvalue weighted by Crippen LogP contribution is -2.42. The number of rotatable bonds is 7. The van der Waals surface area contributed by atoms with Gasteiger partial charge in [-0.05, 0) is 51.2 Å². The van der Waals surface area contributed by atoms with Gasteiger partial charge in [0.25, 0.3) is 0 Å². The molecule has 0 heterocycles. The number of hydrogen-bond acceptors (Lipinski definition) is 3. The van der Waals surface area contributed by atoms with E-state index in [2.05, 4.69) is 60.7 Å². The second kappa shape index (κ2) is 9.40. The second-order valence-corrected chi connectivity index (χ2v) is 11.0. The third-order valence-electron chi connectivity index (χ3n) is 4.30. The maximum absolute atomic E-state index is 12.2. The summed E-state index contributed by atoms with van der Waals surface area (Å²) in [5, 5.41) is 6.41. The molecule has 0 aliphatic heterocycles. The summed E-state index contributed by atoms with van der Waals surface area (Å²) < 4.78 is 23.6. The van der Waals surface area contributed by atoms with Crippen molar-refractivity contribution in [3.63, 3.8) is 0 Å². The first kappa shape index (κ1) is 22.5. The SMILES string of the molecule is CN=C(NCCS(=O)(=O)C(C)(C)C)NC(C)c1ccc(CC(C)C)cc1. The Bertz CT molecular complexity index is 687. The maximum atomic E-state index is 12.2. The van der Waals surface area contributed by atoms with Crippen molar-refractivity contribution < 1.29 is 8.42 Å². The predicted octanol–water partition coefficient (Wildman–Crippen LogP) is 3.32. The molecule has 1 unspecified atom stereocenters. The summed E-state index contributed by atoms with van der Waals surface area (Å²) in [6.07, 6.45) is 1.08. The van der Waals surface area contributed by atoms with Crippen molar-refractivity contribution >= 4 is 15.8 Å². The molecular formula is C20H35N3O2S. The number of aliphatic imine (C=N–C) groups is 1. The third-order valence-corrected chi connectivity index (χ3v) is 6.90. The smallest absolute Gasteiger partial charge is 0.191 e. The zero-order valence-corrected chi connectivity index (χ0v) is 18.1. The number of nitrogens with one attached hydrogen (secondary N) is 2. The Morgan fingerprint density at radius 2 is 1.69 bits per heavy atom. The molecule has 0 aromatic heterocycles. The molecule has 1 rings (SSSR count). The summed E-state index contributed by atoms with van der Waals surface area (Å²) >= 11 is 0. The highest BCUT2D eigenvalue weighted by Crippen LogP contribution is 2.16. The number of sulfone groups is 1. The van der Waals surface area contributed by atoms with Crippen LogP contribution >= 0.6 is 0 Å². The second-order valence-electron chi connectivity index (χ2n) is 8.14. The van der Waals surface area contributed by atoms with E-state index in [1.165, 1.54) is 11.1 Å². The molecule has 5 nitrogen and oxygen atoms in total. The molecule has 0 amide bonds. The molecule has 2 N–H and O–H groups in total. The number of nitrogens with zero attached hydrogens (tertiary/aromatic N) is 1. The largest absolute Gasteiger partial charge is 0.355 e. The Morgan fingerprint density at radius 1 is 1.12 bits per heavy atom. The van der Waals surface area contributed by atoms with Crippen molar-refractivity contribution in [1.29, 1.82) is 0 Å². The van der Waals surface area contributed by atoms with Gasteiger partial charge in [-0.2, -0.15) is 0 Å². The van der Waals surface area contributed by atoms with E-state index >= 15 is 0 Å². The first-order valence-electron chi connectivity index (χ1n) is 9.24. The van der Waals surface area contributed by atoms with Gasteiger partial charge < -0.3 is 10.6 Å². The van der Waals surface area contributed by atoms with Gasteiger partial charge in [0.2, 0.25) is 0 Å². The topological polar surface area (TPSA) is 70.6 Å². The quantitative estimate of drug-likeness (QED) is 0.561. The molecule has 26 heavy (non-hydrogen) atoms. The van der Waals surface area contributed by atoms with Crippen LogP contribution in [0.1, 0.15) is 58.7 Å². The Labute approximate surface area is 159 Å². The molecule has 0 saturated heterocycles. The van der Waals surface area contributed by atoms with E-state index in [0.29, 0.717) is 18.4 Å². The number of hydrogen-bond donors (Lipinski definition) is 2. The van der Waals surface area contributed by atoms with Gasteiger partial charge in [-0.25, -0.2) is 8.42 Å². The monoisotopic (exact) mass is 381 g/mol. The van der Waals surface area contributed by atoms with E-state index in [0.717, 1.165) is 6.42 Å². The van der Waals surface area contributed by atoms with Crippen LogP contribution < -0.4 is 10.6 Å². The maximum Gasteiger partial charge on any atom is 0.191 e. The molecule has 0 aliphatic rings. The normalized spacial score (nSPS) is 14.4. The molecule has 0 spiro atoms. The van der Waals surface area contributed by atoms with Crippen molar-refractivity contribution in [2.24, 2.45) is 10.9 Å². The Balaban J connectivity index is 2.60. The van der Waals surface area contributed by atoms with Gasteiger partial charge >= 0.3 is 0 Å². The van der Waals surface area contributed by atoms with Gasteiger partial charge in [0.1, 0.15) is 0 Å². The van der Waals surface area contributed by atoms with Crippen molar-refractivity contribution in [2.75, 3.05) is 19.3 Å². The van der Waals surface area contributed by atoms with Gasteiger partial charge in [0.15, 0.2) is 15.8 Å². The Kier molecular flexibility index (Phi) is 8.13. The van der Waals surface area contributed by atoms with E-state index in [-0.39, 0.29) is 11.8 Å². The van der Waals surface area contributed by atoms with Crippen LogP contribution in [0, 0.1) is 5.92 Å². The summed E-state index contributed by atoms with van der Waals surface area (Å²) in [4.78, 5) is 4.19. The first-order chi connectivity index (χ1) is 12.0. The molecule has 0 bridgehead atoms. The molecule has 1 atom stereocenters. The lowest BCUT2D eigenvalue weighted by molar-refractivity contribution is 0.558. The minimum atomic E-state index is -3.14. The summed E-state index contributed by atoms with van der Waals surface area (Å²) in [5.74, 6) is 1.33. The fourth-order valence-electron chi connectivity index (χ4n) is 2.51. The van der Waals surface area contributed by atoms with Crippen LogP contribution in [0.2, 0.25) is 0 Å². The minimum Gasteiger partial charge on any atom is -0.355 e. The first-order valence-corrected chi connectivity index (χ1v) is 10.9. The van der Waals surface area contributed by atoms with Gasteiger partial charge in [-0.15, -0.1) is 0 Å². The van der Waals surface area contributed by atoms with Crippen LogP contribution in [0.3, 0.4) is 0 Å². The average Bonchev–Trinajstić information content (AvgIpc) is 2.52. The zero-order valence-electron chi connectivity index (χ0n) is 17.3. The summed E-state index contributed by atoms with van der Waals surface area (Å²) in [6.45, 7) is 12.0. The standard InChI is InChI=1S/C20H35N3O2S/c1-15(2)14-17-8-10-18(11-9-17)16(3)23-19(21-7)22-12-13-26(24,25)20(4,5)6/h8-11,15-16H,12-14H2,1-7H3,(H2,21,22,23). The van der Waals surface area contributed by atoms with E-state index in [4.69, 9.17) is 0 Å². The van der Waals surface area contributed by atoms with Crippen molar-refractivity contribution in [1.82, 2.24) is 10.6 Å². The van der Waals surface area contributed by atoms with Gasteiger partial charge in [-0.1, -0.05) is 38.1 Å². The fraction of sp³-hybridized carbons (Fsp3) is 0.650. The summed E-state index contributed by atoms with van der Waals surface area (Å²) in [6, 6.07) is 8.67. The molecule has 6 heteroatoms. The number of benzene rings is 1. The van der Waals surface area contributed by atoms with E-state index < -0.39 is 14.6 Å². The predicted molar refractivity (Wildman–Crippen MR) is 111 cm³/mol. The highest BCUT2D eigenvalue weighted by Gasteiger charge is 2.28. The molecule has 0 aliphatic carbocycles. The van der Waals surface area contributed by atoms with Crippen LogP contribution in [-0.4, -0.2) is 38.5 Å². The lowest BCUT2D eigenvalue weighted by Gasteiger charge is -2.21. The zero-order chi connectivity index (χ0) is 20.0. The molecule has 0 saturated carbocycles. The van der Waals surface area contributed by atoms with Crippen LogP contribution in [0.5, 0.6) is 0 Å². The van der Waals surface area contributed by atoms with Gasteiger partial charge in [0, 0.05) is 13.6 Å². The third kappa shape index (κ3) is 6.98. The van der Waals surface area contributed by atoms with Crippen molar-refractivity contribution in [3.05, 3.63) is 35.4 Å². The van der Waals surface area contributed by atoms with Crippen LogP contribution in [-0.2, 0) is 16.3 Å². The lowest BCUT2D eigenvalue weighted by atomic mass is 10.00. The van der Waals surface area contributed by atoms with E-state index in [9.17, 15) is 8.42 Å². The van der Waals surface area contributed by atoms with E-state index in [1.54, 1.807) is 27.8 Å². The molecule has 0 radical (unpaired) electrons. The molecule has 1 aromatic carbocycles. The van der Waals surface area contributed by atoms with Crippen molar-refractivity contribution in [2.45, 2.75) is 58.8 Å². The highest BCUT2D eigenvalue weighted by atomic mass is 32.2. The molecule has 148 valence electrons. The van der Waals surface area contributed by atoms with Gasteiger partial charge in [-0.3, -0.25) is 4.99 Å². The van der Waals surface area contributed by atoms with Crippen molar-refractivity contribution in [3.8, 4) is 0 Å². The van der Waals surface area contributed by atoms with E-state index in [1.807, 2.05) is 0 Å². The van der Waals surface area contributed by atoms with Crippen LogP contribution in [0.25, 0.3) is 0 Å². The van der Waals surface area contributed by atoms with Gasteiger partial charge in [0.05, 0.1) is 16.5 Å². The Hall–Kier alpha value is -1.56. The molecule has 1 aromatic rings. The minimum absolute atomic E-state index is 0.0773. The fourth-order valence-corrected chi connectivity index (χ4v) is 3.49. The Morgan fingerprint density at radius 3 is 2.15 bits per heavy atom.